The van der Waals surface area contributed by atoms with Crippen LogP contribution in [-0.4, -0.2) is 78.6 Å². The molecular weight excluding hydrogens is 446 g/mol. The third kappa shape index (κ3) is 7.18. The van der Waals surface area contributed by atoms with Crippen LogP contribution in [0.4, 0.5) is 10.5 Å². The average molecular weight is 486 g/mol. The minimum absolute atomic E-state index is 0.200. The number of likely N-dealkylation sites (tertiary alicyclic amines) is 1. The predicted molar refractivity (Wildman–Crippen MR) is 134 cm³/mol. The van der Waals surface area contributed by atoms with E-state index in [0.717, 1.165) is 57.8 Å². The van der Waals surface area contributed by atoms with E-state index in [4.69, 9.17) is 4.74 Å². The van der Waals surface area contributed by atoms with Crippen LogP contribution >= 0.6 is 0 Å². The molecule has 2 atom stereocenters. The fourth-order valence-corrected chi connectivity index (χ4v) is 5.03. The number of ether oxygens (including phenoxy) is 1. The predicted octanol–water partition coefficient (Wildman–Crippen LogP) is 2.50. The molecule has 0 bridgehead atoms. The molecule has 3 heterocycles. The highest BCUT2D eigenvalue weighted by Crippen LogP contribution is 2.24. The first-order valence-electron chi connectivity index (χ1n) is 12.8. The van der Waals surface area contributed by atoms with Crippen LogP contribution in [0.25, 0.3) is 0 Å². The van der Waals surface area contributed by atoms with E-state index >= 15 is 0 Å². The van der Waals surface area contributed by atoms with Gasteiger partial charge in [0.2, 0.25) is 11.8 Å². The first-order chi connectivity index (χ1) is 16.7. The number of carbonyl (C=O) groups excluding carboxylic acids is 3. The lowest BCUT2D eigenvalue weighted by molar-refractivity contribution is -0.133. The van der Waals surface area contributed by atoms with Gasteiger partial charge in [0.05, 0.1) is 0 Å². The smallest absolute Gasteiger partial charge is 0.410 e. The summed E-state index contributed by atoms with van der Waals surface area (Å²) in [6.45, 7) is 11.2. The van der Waals surface area contributed by atoms with Crippen molar-refractivity contribution in [3.8, 4) is 0 Å². The first kappa shape index (κ1) is 25.4. The van der Waals surface area contributed by atoms with E-state index < -0.39 is 5.60 Å². The molecule has 192 valence electrons. The number of amides is 3. The molecule has 3 amide bonds. The van der Waals surface area contributed by atoms with Gasteiger partial charge in [-0.1, -0.05) is 12.1 Å². The monoisotopic (exact) mass is 485 g/mol. The number of hydrogen-bond donors (Lipinski definition) is 3. The van der Waals surface area contributed by atoms with Gasteiger partial charge < -0.3 is 20.3 Å². The molecule has 3 aliphatic heterocycles. The van der Waals surface area contributed by atoms with Crippen molar-refractivity contribution in [2.45, 2.75) is 64.1 Å². The number of benzene rings is 1. The maximum atomic E-state index is 12.3. The van der Waals surface area contributed by atoms with Crippen LogP contribution in [0.2, 0.25) is 0 Å². The Kier molecular flexibility index (Phi) is 7.96. The number of rotatable bonds is 5. The number of imide groups is 1. The Hall–Kier alpha value is -2.65. The zero-order chi connectivity index (χ0) is 25.0. The van der Waals surface area contributed by atoms with Crippen molar-refractivity contribution < 1.29 is 19.1 Å². The minimum atomic E-state index is -0.455. The van der Waals surface area contributed by atoms with Crippen LogP contribution in [-0.2, 0) is 14.3 Å². The molecule has 9 heteroatoms. The largest absolute Gasteiger partial charge is 0.444 e. The molecule has 0 spiro atoms. The van der Waals surface area contributed by atoms with E-state index in [1.54, 1.807) is 0 Å². The zero-order valence-corrected chi connectivity index (χ0v) is 21.1. The summed E-state index contributed by atoms with van der Waals surface area (Å²) in [7, 11) is 0. The third-order valence-corrected chi connectivity index (χ3v) is 6.94. The Labute approximate surface area is 207 Å². The highest BCUT2D eigenvalue weighted by molar-refractivity contribution is 6.01. The number of carbonyl (C=O) groups is 3. The van der Waals surface area contributed by atoms with Gasteiger partial charge in [0.1, 0.15) is 11.6 Å². The van der Waals surface area contributed by atoms with Gasteiger partial charge in [0.15, 0.2) is 0 Å². The fraction of sp³-hybridized carbons (Fsp3) is 0.654. The molecule has 1 aromatic rings. The topological polar surface area (TPSA) is 103 Å². The standard InChI is InChI=1S/C26H39N5O4/c1-26(2,3)35-25(34)31-13-10-18(11-14-31)16-30-15-12-27-22(17-30)19-4-6-20(7-5-19)28-21-8-9-23(32)29-24(21)33/h4-7,18,21-22,27-28H,8-17H2,1-3H3,(H,29,32,33). The zero-order valence-electron chi connectivity index (χ0n) is 21.1. The fourth-order valence-electron chi connectivity index (χ4n) is 5.03. The van der Waals surface area contributed by atoms with Crippen LogP contribution in [0.5, 0.6) is 0 Å². The number of nitrogens with one attached hydrogen (secondary N) is 3. The van der Waals surface area contributed by atoms with Gasteiger partial charge >= 0.3 is 6.09 Å². The van der Waals surface area contributed by atoms with Crippen molar-refractivity contribution in [1.82, 2.24) is 20.4 Å². The summed E-state index contributed by atoms with van der Waals surface area (Å²) < 4.78 is 5.52. The van der Waals surface area contributed by atoms with Crippen molar-refractivity contribution in [2.75, 3.05) is 44.6 Å². The Bertz CT molecular complexity index is 905. The summed E-state index contributed by atoms with van der Waals surface area (Å²) in [5, 5.41) is 9.25. The number of hydrogen-bond acceptors (Lipinski definition) is 7. The molecule has 3 fully saturated rings. The van der Waals surface area contributed by atoms with Crippen LogP contribution in [0.3, 0.4) is 0 Å². The van der Waals surface area contributed by atoms with Crippen molar-refractivity contribution in [2.24, 2.45) is 5.92 Å². The molecule has 3 aliphatic rings. The molecule has 3 N–H and O–H groups in total. The maximum absolute atomic E-state index is 12.3. The van der Waals surface area contributed by atoms with Gasteiger partial charge in [-0.3, -0.25) is 19.8 Å². The molecule has 0 saturated carbocycles. The van der Waals surface area contributed by atoms with Gasteiger partial charge in [-0.2, -0.15) is 0 Å². The number of piperidine rings is 2. The quantitative estimate of drug-likeness (QED) is 0.551. The van der Waals surface area contributed by atoms with Crippen molar-refractivity contribution in [3.63, 3.8) is 0 Å². The van der Waals surface area contributed by atoms with E-state index in [1.807, 2.05) is 37.8 Å². The maximum Gasteiger partial charge on any atom is 0.410 e. The molecular formula is C26H39N5O4. The van der Waals surface area contributed by atoms with Gasteiger partial charge in [-0.25, -0.2) is 4.79 Å². The molecule has 0 aliphatic carbocycles. The highest BCUT2D eigenvalue weighted by atomic mass is 16.6. The Morgan fingerprint density at radius 3 is 2.46 bits per heavy atom. The van der Waals surface area contributed by atoms with E-state index in [-0.39, 0.29) is 30.0 Å². The van der Waals surface area contributed by atoms with E-state index in [1.165, 1.54) is 5.56 Å². The second-order valence-corrected chi connectivity index (χ2v) is 10.9. The average Bonchev–Trinajstić information content (AvgIpc) is 2.81. The second-order valence-electron chi connectivity index (χ2n) is 10.9. The molecule has 3 saturated heterocycles. The third-order valence-electron chi connectivity index (χ3n) is 6.94. The van der Waals surface area contributed by atoms with Crippen molar-refractivity contribution in [1.29, 1.82) is 0 Å². The second kappa shape index (κ2) is 11.0. The first-order valence-corrected chi connectivity index (χ1v) is 12.8. The SMILES string of the molecule is CC(C)(C)OC(=O)N1CCC(CN2CCNC(c3ccc(NC4CCC(=O)NC4=O)cc3)C2)CC1. The van der Waals surface area contributed by atoms with E-state index in [9.17, 15) is 14.4 Å². The Morgan fingerprint density at radius 1 is 1.09 bits per heavy atom. The van der Waals surface area contributed by atoms with Gasteiger partial charge in [0, 0.05) is 57.4 Å². The van der Waals surface area contributed by atoms with Crippen LogP contribution in [0.1, 0.15) is 58.1 Å². The Balaban J connectivity index is 1.24. The van der Waals surface area contributed by atoms with Gasteiger partial charge in [-0.05, 0) is 63.6 Å². The van der Waals surface area contributed by atoms with Gasteiger partial charge in [-0.15, -0.1) is 0 Å². The normalized spacial score (nSPS) is 24.7. The molecule has 35 heavy (non-hydrogen) atoms. The number of nitrogens with zero attached hydrogens (tertiary/aromatic N) is 2. The number of anilines is 1. The molecule has 4 rings (SSSR count). The van der Waals surface area contributed by atoms with E-state index in [2.05, 4.69) is 33.0 Å². The molecule has 0 aromatic heterocycles. The molecule has 1 aromatic carbocycles. The minimum Gasteiger partial charge on any atom is -0.444 e. The van der Waals surface area contributed by atoms with Crippen molar-refractivity contribution in [3.05, 3.63) is 29.8 Å². The molecule has 0 radical (unpaired) electrons. The molecule has 2 unspecified atom stereocenters. The summed E-state index contributed by atoms with van der Waals surface area (Å²) in [6, 6.07) is 8.11. The van der Waals surface area contributed by atoms with Crippen LogP contribution in [0.15, 0.2) is 24.3 Å². The lowest BCUT2D eigenvalue weighted by Crippen LogP contribution is -2.49. The summed E-state index contributed by atoms with van der Waals surface area (Å²) in [5.41, 5.74) is 1.65. The van der Waals surface area contributed by atoms with Crippen molar-refractivity contribution >= 4 is 23.6 Å². The summed E-state index contributed by atoms with van der Waals surface area (Å²) in [5.74, 6) is 0.129. The van der Waals surface area contributed by atoms with Crippen LogP contribution < -0.4 is 16.0 Å². The highest BCUT2D eigenvalue weighted by Gasteiger charge is 2.30. The molecule has 9 nitrogen and oxygen atoms in total. The summed E-state index contributed by atoms with van der Waals surface area (Å²) >= 11 is 0. The Morgan fingerprint density at radius 2 is 1.80 bits per heavy atom. The van der Waals surface area contributed by atoms with Gasteiger partial charge in [0.25, 0.3) is 0 Å². The lowest BCUT2D eigenvalue weighted by atomic mass is 9.95. The lowest BCUT2D eigenvalue weighted by Gasteiger charge is -2.39. The van der Waals surface area contributed by atoms with E-state index in [0.29, 0.717) is 18.8 Å². The van der Waals surface area contributed by atoms with Crippen LogP contribution in [0, 0.1) is 5.92 Å². The summed E-state index contributed by atoms with van der Waals surface area (Å²) in [4.78, 5) is 40.0. The summed E-state index contributed by atoms with van der Waals surface area (Å²) in [6.07, 6.45) is 2.70. The number of piperazine rings is 1.